The van der Waals surface area contributed by atoms with Crippen LogP contribution in [0.15, 0.2) is 24.3 Å². The van der Waals surface area contributed by atoms with E-state index in [4.69, 9.17) is 4.74 Å². The number of fused-ring (bicyclic) bond motifs is 1. The van der Waals surface area contributed by atoms with E-state index in [0.29, 0.717) is 18.3 Å². The van der Waals surface area contributed by atoms with Crippen molar-refractivity contribution in [3.05, 3.63) is 30.0 Å². The lowest BCUT2D eigenvalue weighted by molar-refractivity contribution is 0.0323. The van der Waals surface area contributed by atoms with Gasteiger partial charge in [-0.1, -0.05) is 24.6 Å². The molecule has 1 aliphatic rings. The molecular formula is C16H21N3O2. The SMILES string of the molecule is CN1CCCCC1COC(=O)c1nn(C)c2ccccc12. The first kappa shape index (κ1) is 14.1. The molecule has 21 heavy (non-hydrogen) atoms. The Morgan fingerprint density at radius 2 is 2.14 bits per heavy atom. The van der Waals surface area contributed by atoms with Crippen LogP contribution in [0.2, 0.25) is 0 Å². The number of ether oxygens (including phenoxy) is 1. The zero-order valence-corrected chi connectivity index (χ0v) is 12.6. The number of esters is 1. The van der Waals surface area contributed by atoms with E-state index in [2.05, 4.69) is 17.0 Å². The molecular weight excluding hydrogens is 266 g/mol. The summed E-state index contributed by atoms with van der Waals surface area (Å²) >= 11 is 0. The Labute approximate surface area is 124 Å². The molecule has 1 saturated heterocycles. The summed E-state index contributed by atoms with van der Waals surface area (Å²) < 4.78 is 7.22. The van der Waals surface area contributed by atoms with E-state index in [1.807, 2.05) is 31.3 Å². The van der Waals surface area contributed by atoms with Gasteiger partial charge in [0.05, 0.1) is 5.52 Å². The number of hydrogen-bond donors (Lipinski definition) is 0. The molecule has 1 fully saturated rings. The monoisotopic (exact) mass is 287 g/mol. The first-order chi connectivity index (χ1) is 10.2. The average molecular weight is 287 g/mol. The minimum Gasteiger partial charge on any atom is -0.459 e. The molecule has 3 rings (SSSR count). The summed E-state index contributed by atoms with van der Waals surface area (Å²) in [5, 5.41) is 5.15. The predicted octanol–water partition coefficient (Wildman–Crippen LogP) is 2.21. The van der Waals surface area contributed by atoms with Gasteiger partial charge in [0.25, 0.3) is 0 Å². The standard InChI is InChI=1S/C16H21N3O2/c1-18-10-6-5-7-12(18)11-21-16(20)15-13-8-3-4-9-14(13)19(2)17-15/h3-4,8-9,12H,5-7,10-11H2,1-2H3. The first-order valence-electron chi connectivity index (χ1n) is 7.46. The highest BCUT2D eigenvalue weighted by atomic mass is 16.5. The van der Waals surface area contributed by atoms with Gasteiger partial charge in [0.1, 0.15) is 6.61 Å². The molecule has 1 atom stereocenters. The van der Waals surface area contributed by atoms with Crippen molar-refractivity contribution in [3.63, 3.8) is 0 Å². The quantitative estimate of drug-likeness (QED) is 0.812. The molecule has 1 aromatic heterocycles. The summed E-state index contributed by atoms with van der Waals surface area (Å²) in [6.45, 7) is 1.52. The second-order valence-corrected chi connectivity index (χ2v) is 5.72. The predicted molar refractivity (Wildman–Crippen MR) is 81.3 cm³/mol. The number of likely N-dealkylation sites (tertiary alicyclic amines) is 1. The third-order valence-electron chi connectivity index (χ3n) is 4.28. The Morgan fingerprint density at radius 3 is 2.95 bits per heavy atom. The van der Waals surface area contributed by atoms with Gasteiger partial charge in [-0.05, 0) is 32.5 Å². The topological polar surface area (TPSA) is 47.4 Å². The molecule has 1 aliphatic heterocycles. The van der Waals surface area contributed by atoms with Crippen LogP contribution in [0.5, 0.6) is 0 Å². The maximum Gasteiger partial charge on any atom is 0.359 e. The van der Waals surface area contributed by atoms with E-state index < -0.39 is 0 Å². The van der Waals surface area contributed by atoms with Gasteiger partial charge < -0.3 is 9.64 Å². The lowest BCUT2D eigenvalue weighted by atomic mass is 10.0. The lowest BCUT2D eigenvalue weighted by Crippen LogP contribution is -2.39. The molecule has 0 radical (unpaired) electrons. The second kappa shape index (κ2) is 5.85. The summed E-state index contributed by atoms with van der Waals surface area (Å²) in [5.74, 6) is -0.328. The Hall–Kier alpha value is -1.88. The van der Waals surface area contributed by atoms with E-state index in [1.165, 1.54) is 12.8 Å². The number of nitrogens with zero attached hydrogens (tertiary/aromatic N) is 3. The molecule has 1 unspecified atom stereocenters. The van der Waals surface area contributed by atoms with Crippen molar-refractivity contribution >= 4 is 16.9 Å². The van der Waals surface area contributed by atoms with Crippen LogP contribution in [0, 0.1) is 0 Å². The van der Waals surface area contributed by atoms with Crippen molar-refractivity contribution in [1.29, 1.82) is 0 Å². The number of aromatic nitrogens is 2. The molecule has 0 spiro atoms. The van der Waals surface area contributed by atoms with Crippen LogP contribution in [0.4, 0.5) is 0 Å². The molecule has 0 aliphatic carbocycles. The lowest BCUT2D eigenvalue weighted by Gasteiger charge is -2.31. The van der Waals surface area contributed by atoms with Crippen molar-refractivity contribution < 1.29 is 9.53 Å². The Bertz CT molecular complexity index is 650. The largest absolute Gasteiger partial charge is 0.459 e. The number of rotatable bonds is 3. The van der Waals surface area contributed by atoms with Gasteiger partial charge in [-0.2, -0.15) is 5.10 Å². The number of likely N-dealkylation sites (N-methyl/N-ethyl adjacent to an activating group) is 1. The molecule has 2 aromatic rings. The van der Waals surface area contributed by atoms with Crippen molar-refractivity contribution in [3.8, 4) is 0 Å². The summed E-state index contributed by atoms with van der Waals surface area (Å²) in [6, 6.07) is 8.04. The summed E-state index contributed by atoms with van der Waals surface area (Å²) in [6.07, 6.45) is 3.53. The molecule has 5 heteroatoms. The zero-order chi connectivity index (χ0) is 14.8. The molecule has 1 aromatic carbocycles. The van der Waals surface area contributed by atoms with E-state index in [1.54, 1.807) is 4.68 Å². The minimum atomic E-state index is -0.328. The number of aryl methyl sites for hydroxylation is 1. The summed E-state index contributed by atoms with van der Waals surface area (Å²) in [5.41, 5.74) is 1.35. The maximum atomic E-state index is 12.3. The highest BCUT2D eigenvalue weighted by Gasteiger charge is 2.22. The van der Waals surface area contributed by atoms with Crippen LogP contribution in [0.3, 0.4) is 0 Å². The van der Waals surface area contributed by atoms with Crippen LogP contribution < -0.4 is 0 Å². The van der Waals surface area contributed by atoms with Crippen LogP contribution >= 0.6 is 0 Å². The molecule has 0 N–H and O–H groups in total. The number of para-hydroxylation sites is 1. The number of hydrogen-bond acceptors (Lipinski definition) is 4. The summed E-state index contributed by atoms with van der Waals surface area (Å²) in [4.78, 5) is 14.6. The highest BCUT2D eigenvalue weighted by molar-refractivity contribution is 6.02. The minimum absolute atomic E-state index is 0.328. The van der Waals surface area contributed by atoms with Crippen molar-refractivity contribution in [1.82, 2.24) is 14.7 Å². The number of benzene rings is 1. The molecule has 2 heterocycles. The molecule has 0 saturated carbocycles. The zero-order valence-electron chi connectivity index (χ0n) is 12.6. The number of carbonyl (C=O) groups is 1. The van der Waals surface area contributed by atoms with Crippen molar-refractivity contribution in [2.24, 2.45) is 7.05 Å². The van der Waals surface area contributed by atoms with Gasteiger partial charge in [0, 0.05) is 18.5 Å². The highest BCUT2D eigenvalue weighted by Crippen LogP contribution is 2.19. The fourth-order valence-electron chi connectivity index (χ4n) is 2.96. The molecule has 112 valence electrons. The second-order valence-electron chi connectivity index (χ2n) is 5.72. The van der Waals surface area contributed by atoms with Crippen LogP contribution in [0.1, 0.15) is 29.8 Å². The third-order valence-corrected chi connectivity index (χ3v) is 4.28. The van der Waals surface area contributed by atoms with Gasteiger partial charge in [0.2, 0.25) is 0 Å². The van der Waals surface area contributed by atoms with Gasteiger partial charge in [-0.15, -0.1) is 0 Å². The Balaban J connectivity index is 1.72. The third kappa shape index (κ3) is 2.78. The summed E-state index contributed by atoms with van der Waals surface area (Å²) in [7, 11) is 3.93. The molecule has 0 bridgehead atoms. The van der Waals surface area contributed by atoms with Gasteiger partial charge in [-0.3, -0.25) is 4.68 Å². The van der Waals surface area contributed by atoms with Gasteiger partial charge >= 0.3 is 5.97 Å². The van der Waals surface area contributed by atoms with E-state index in [0.717, 1.165) is 23.9 Å². The number of carbonyl (C=O) groups excluding carboxylic acids is 1. The van der Waals surface area contributed by atoms with E-state index >= 15 is 0 Å². The average Bonchev–Trinajstić information content (AvgIpc) is 2.84. The Morgan fingerprint density at radius 1 is 1.33 bits per heavy atom. The van der Waals surface area contributed by atoms with Crippen LogP contribution in [-0.2, 0) is 11.8 Å². The maximum absolute atomic E-state index is 12.3. The smallest absolute Gasteiger partial charge is 0.359 e. The van der Waals surface area contributed by atoms with E-state index in [9.17, 15) is 4.79 Å². The van der Waals surface area contributed by atoms with Crippen molar-refractivity contribution in [2.75, 3.05) is 20.2 Å². The molecule has 5 nitrogen and oxygen atoms in total. The fraction of sp³-hybridized carbons (Fsp3) is 0.500. The first-order valence-corrected chi connectivity index (χ1v) is 7.46. The molecule has 0 amide bonds. The van der Waals surface area contributed by atoms with Gasteiger partial charge in [0.15, 0.2) is 5.69 Å². The van der Waals surface area contributed by atoms with Crippen LogP contribution in [-0.4, -0.2) is 46.9 Å². The van der Waals surface area contributed by atoms with Crippen molar-refractivity contribution in [2.45, 2.75) is 25.3 Å². The van der Waals surface area contributed by atoms with E-state index in [-0.39, 0.29) is 5.97 Å². The van der Waals surface area contributed by atoms with Gasteiger partial charge in [-0.25, -0.2) is 4.79 Å². The normalized spacial score (nSPS) is 19.8. The van der Waals surface area contributed by atoms with Crippen LogP contribution in [0.25, 0.3) is 10.9 Å². The number of piperidine rings is 1. The fourth-order valence-corrected chi connectivity index (χ4v) is 2.96. The Kier molecular flexibility index (Phi) is 3.92.